The van der Waals surface area contributed by atoms with E-state index in [4.69, 9.17) is 14.2 Å². The van der Waals surface area contributed by atoms with Crippen molar-refractivity contribution in [2.75, 3.05) is 13.2 Å². The normalized spacial score (nSPS) is 18.0. The number of rotatable bonds is 2. The third-order valence-corrected chi connectivity index (χ3v) is 2.10. The van der Waals surface area contributed by atoms with Gasteiger partial charge in [-0.15, -0.1) is 0 Å². The zero-order valence-electron chi connectivity index (χ0n) is 8.73. The van der Waals surface area contributed by atoms with Gasteiger partial charge in [0.2, 0.25) is 0 Å². The van der Waals surface area contributed by atoms with Crippen LogP contribution < -0.4 is 9.47 Å². The summed E-state index contributed by atoms with van der Waals surface area (Å²) in [5, 5.41) is 0. The summed E-state index contributed by atoms with van der Waals surface area (Å²) in [6.07, 6.45) is -0.391. The molecule has 0 N–H and O–H groups in total. The molecule has 0 saturated heterocycles. The quantitative estimate of drug-likeness (QED) is 0.717. The van der Waals surface area contributed by atoms with Crippen molar-refractivity contribution in [3.63, 3.8) is 0 Å². The molecule has 1 aromatic carbocycles. The molecule has 5 heteroatoms. The van der Waals surface area contributed by atoms with Gasteiger partial charge in [-0.1, -0.05) is 0 Å². The molecule has 0 spiro atoms. The lowest BCUT2D eigenvalue weighted by Gasteiger charge is -2.25. The van der Waals surface area contributed by atoms with E-state index in [1.807, 2.05) is 0 Å². The number of fused-ring (bicyclic) bond motifs is 1. The second-order valence-electron chi connectivity index (χ2n) is 3.44. The molecule has 1 aliphatic heterocycles. The Kier molecular flexibility index (Phi) is 2.94. The molecule has 1 aliphatic rings. The van der Waals surface area contributed by atoms with Crippen molar-refractivity contribution >= 4 is 5.97 Å². The molecule has 0 radical (unpaired) electrons. The Morgan fingerprint density at radius 1 is 1.56 bits per heavy atom. The fraction of sp³-hybridized carbons (Fsp3) is 0.364. The van der Waals surface area contributed by atoms with Crippen LogP contribution in [0.4, 0.5) is 4.39 Å². The van der Waals surface area contributed by atoms with E-state index >= 15 is 0 Å². The molecule has 0 aliphatic carbocycles. The Hall–Kier alpha value is -1.78. The Labute approximate surface area is 91.9 Å². The van der Waals surface area contributed by atoms with Crippen LogP contribution in [0.1, 0.15) is 6.92 Å². The van der Waals surface area contributed by atoms with E-state index in [9.17, 15) is 9.18 Å². The third-order valence-electron chi connectivity index (χ3n) is 2.10. The zero-order valence-corrected chi connectivity index (χ0v) is 8.73. The minimum absolute atomic E-state index is 0.102. The van der Waals surface area contributed by atoms with Crippen LogP contribution in [0.5, 0.6) is 11.5 Å². The van der Waals surface area contributed by atoms with E-state index in [-0.39, 0.29) is 19.2 Å². The predicted molar refractivity (Wildman–Crippen MR) is 52.9 cm³/mol. The Bertz CT molecular complexity index is 405. The molecule has 0 unspecified atom stereocenters. The maximum atomic E-state index is 12.9. The van der Waals surface area contributed by atoms with Gasteiger partial charge in [0.25, 0.3) is 0 Å². The molecule has 0 saturated carbocycles. The number of benzene rings is 1. The van der Waals surface area contributed by atoms with Crippen LogP contribution in [0.2, 0.25) is 0 Å². The van der Waals surface area contributed by atoms with Gasteiger partial charge < -0.3 is 14.2 Å². The Balaban J connectivity index is 2.02. The highest BCUT2D eigenvalue weighted by atomic mass is 19.1. The number of ether oxygens (including phenoxy) is 3. The summed E-state index contributed by atoms with van der Waals surface area (Å²) in [6.45, 7) is 1.70. The standard InChI is InChI=1S/C11H11FO4/c1-7(13)14-5-9-6-15-10-3-2-8(12)4-11(10)16-9/h2-4,9H,5-6H2,1H3/t9-/m0/s1. The molecule has 0 amide bonds. The van der Waals surface area contributed by atoms with Crippen LogP contribution in [-0.4, -0.2) is 25.3 Å². The summed E-state index contributed by atoms with van der Waals surface area (Å²) in [4.78, 5) is 10.6. The predicted octanol–water partition coefficient (Wildman–Crippen LogP) is 1.53. The molecular formula is C11H11FO4. The lowest BCUT2D eigenvalue weighted by molar-refractivity contribution is -0.144. The first-order chi connectivity index (χ1) is 7.65. The molecule has 1 atom stereocenters. The molecular weight excluding hydrogens is 215 g/mol. The van der Waals surface area contributed by atoms with Crippen molar-refractivity contribution in [2.24, 2.45) is 0 Å². The van der Waals surface area contributed by atoms with E-state index in [2.05, 4.69) is 0 Å². The van der Waals surface area contributed by atoms with Crippen LogP contribution >= 0.6 is 0 Å². The van der Waals surface area contributed by atoms with Crippen LogP contribution in [0, 0.1) is 5.82 Å². The van der Waals surface area contributed by atoms with Gasteiger partial charge in [-0.3, -0.25) is 4.79 Å². The summed E-state index contributed by atoms with van der Waals surface area (Å²) in [7, 11) is 0. The fourth-order valence-corrected chi connectivity index (χ4v) is 1.38. The second kappa shape index (κ2) is 4.38. The third kappa shape index (κ3) is 2.42. The van der Waals surface area contributed by atoms with E-state index < -0.39 is 11.9 Å². The summed E-state index contributed by atoms with van der Waals surface area (Å²) >= 11 is 0. The molecule has 2 rings (SSSR count). The van der Waals surface area contributed by atoms with Crippen molar-refractivity contribution in [1.29, 1.82) is 0 Å². The number of esters is 1. The summed E-state index contributed by atoms with van der Waals surface area (Å²) in [5.74, 6) is 0.0630. The van der Waals surface area contributed by atoms with Crippen molar-refractivity contribution < 1.29 is 23.4 Å². The number of hydrogen-bond donors (Lipinski definition) is 0. The van der Waals surface area contributed by atoms with Gasteiger partial charge in [0, 0.05) is 13.0 Å². The molecule has 1 heterocycles. The van der Waals surface area contributed by atoms with Gasteiger partial charge in [0.15, 0.2) is 17.6 Å². The number of carbonyl (C=O) groups is 1. The monoisotopic (exact) mass is 226 g/mol. The topological polar surface area (TPSA) is 44.8 Å². The van der Waals surface area contributed by atoms with Crippen LogP contribution in [0.15, 0.2) is 18.2 Å². The smallest absolute Gasteiger partial charge is 0.302 e. The maximum absolute atomic E-state index is 12.9. The lowest BCUT2D eigenvalue weighted by Crippen LogP contribution is -2.34. The van der Waals surface area contributed by atoms with Crippen molar-refractivity contribution in [3.8, 4) is 11.5 Å². The second-order valence-corrected chi connectivity index (χ2v) is 3.44. The van der Waals surface area contributed by atoms with Gasteiger partial charge in [-0.25, -0.2) is 4.39 Å². The number of hydrogen-bond acceptors (Lipinski definition) is 4. The molecule has 0 bridgehead atoms. The largest absolute Gasteiger partial charge is 0.486 e. The average molecular weight is 226 g/mol. The first-order valence-electron chi connectivity index (χ1n) is 4.87. The molecule has 1 aromatic rings. The van der Waals surface area contributed by atoms with Crippen molar-refractivity contribution in [3.05, 3.63) is 24.0 Å². The average Bonchev–Trinajstić information content (AvgIpc) is 2.25. The van der Waals surface area contributed by atoms with Gasteiger partial charge in [0.1, 0.15) is 19.0 Å². The SMILES string of the molecule is CC(=O)OC[C@H]1COc2ccc(F)cc2O1. The summed E-state index contributed by atoms with van der Waals surface area (Å²) in [6, 6.07) is 4.05. The van der Waals surface area contributed by atoms with Gasteiger partial charge in [-0.05, 0) is 12.1 Å². The van der Waals surface area contributed by atoms with Gasteiger partial charge in [0.05, 0.1) is 0 Å². The first kappa shape index (κ1) is 10.7. The van der Waals surface area contributed by atoms with E-state index in [1.54, 1.807) is 0 Å². The number of halogens is 1. The Morgan fingerprint density at radius 2 is 2.38 bits per heavy atom. The highest BCUT2D eigenvalue weighted by molar-refractivity contribution is 5.65. The molecule has 86 valence electrons. The van der Waals surface area contributed by atoms with E-state index in [0.29, 0.717) is 11.5 Å². The molecule has 4 nitrogen and oxygen atoms in total. The van der Waals surface area contributed by atoms with E-state index in [1.165, 1.54) is 25.1 Å². The zero-order chi connectivity index (χ0) is 11.5. The van der Waals surface area contributed by atoms with Crippen molar-refractivity contribution in [2.45, 2.75) is 13.0 Å². The molecule has 0 fully saturated rings. The Morgan fingerprint density at radius 3 is 3.12 bits per heavy atom. The van der Waals surface area contributed by atoms with E-state index in [0.717, 1.165) is 0 Å². The van der Waals surface area contributed by atoms with Crippen LogP contribution in [0.25, 0.3) is 0 Å². The van der Waals surface area contributed by atoms with Gasteiger partial charge in [-0.2, -0.15) is 0 Å². The molecule has 16 heavy (non-hydrogen) atoms. The highest BCUT2D eigenvalue weighted by Crippen LogP contribution is 2.32. The van der Waals surface area contributed by atoms with Crippen LogP contribution in [-0.2, 0) is 9.53 Å². The fourth-order valence-electron chi connectivity index (χ4n) is 1.38. The minimum Gasteiger partial charge on any atom is -0.486 e. The molecule has 0 aromatic heterocycles. The maximum Gasteiger partial charge on any atom is 0.302 e. The summed E-state index contributed by atoms with van der Waals surface area (Å²) in [5.41, 5.74) is 0. The lowest BCUT2D eigenvalue weighted by atomic mass is 10.2. The first-order valence-corrected chi connectivity index (χ1v) is 4.87. The number of carbonyl (C=O) groups excluding carboxylic acids is 1. The summed E-state index contributed by atoms with van der Waals surface area (Å²) < 4.78 is 28.5. The van der Waals surface area contributed by atoms with Crippen LogP contribution in [0.3, 0.4) is 0 Å². The highest BCUT2D eigenvalue weighted by Gasteiger charge is 2.22. The van der Waals surface area contributed by atoms with Crippen molar-refractivity contribution in [1.82, 2.24) is 0 Å². The minimum atomic E-state index is -0.393. The van der Waals surface area contributed by atoms with Gasteiger partial charge >= 0.3 is 5.97 Å².